The lowest BCUT2D eigenvalue weighted by Gasteiger charge is -2.26. The number of hydrogen-bond donors (Lipinski definition) is 0. The van der Waals surface area contributed by atoms with E-state index >= 15 is 0 Å². The summed E-state index contributed by atoms with van der Waals surface area (Å²) < 4.78 is 13.6. The Kier molecular flexibility index (Phi) is 5.13. The summed E-state index contributed by atoms with van der Waals surface area (Å²) in [7, 11) is 3.28. The zero-order valence-electron chi connectivity index (χ0n) is 13.6. The molecule has 0 unspecified atom stereocenters. The van der Waals surface area contributed by atoms with E-state index in [2.05, 4.69) is 0 Å². The Labute approximate surface area is 135 Å². The average molecular weight is 320 g/mol. The number of likely N-dealkylation sites (N-methyl/N-ethyl adjacent to an activating group) is 2. The average Bonchev–Trinajstić information content (AvgIpc) is 2.85. The van der Waals surface area contributed by atoms with Crippen LogP contribution in [0.3, 0.4) is 0 Å². The summed E-state index contributed by atoms with van der Waals surface area (Å²) in [5.41, 5.74) is -0.00789. The molecule has 124 valence electrons. The van der Waals surface area contributed by atoms with Gasteiger partial charge in [0.2, 0.25) is 11.8 Å². The minimum absolute atomic E-state index is 0.00789. The van der Waals surface area contributed by atoms with Gasteiger partial charge in [0.25, 0.3) is 0 Å². The van der Waals surface area contributed by atoms with Crippen LogP contribution in [0.1, 0.15) is 30.1 Å². The van der Waals surface area contributed by atoms with Crippen molar-refractivity contribution in [3.63, 3.8) is 0 Å². The molecule has 0 bridgehead atoms. The van der Waals surface area contributed by atoms with E-state index in [9.17, 15) is 18.8 Å². The molecule has 0 aliphatic carbocycles. The van der Waals surface area contributed by atoms with Crippen molar-refractivity contribution in [1.82, 2.24) is 9.80 Å². The van der Waals surface area contributed by atoms with Gasteiger partial charge in [-0.2, -0.15) is 0 Å². The molecule has 2 rings (SSSR count). The third-order valence-corrected chi connectivity index (χ3v) is 4.30. The first-order valence-corrected chi connectivity index (χ1v) is 7.62. The molecule has 2 atom stereocenters. The highest BCUT2D eigenvalue weighted by atomic mass is 19.1. The first-order valence-electron chi connectivity index (χ1n) is 7.62. The monoisotopic (exact) mass is 320 g/mol. The Hall–Kier alpha value is -2.24. The zero-order chi connectivity index (χ0) is 17.1. The number of Topliss-reactive ketones (excluding diaryl/α,β-unsaturated/α-hetero) is 1. The summed E-state index contributed by atoms with van der Waals surface area (Å²) >= 11 is 0. The van der Waals surface area contributed by atoms with Crippen LogP contribution in [0.4, 0.5) is 4.39 Å². The molecule has 1 aliphatic heterocycles. The molecule has 0 spiro atoms. The minimum atomic E-state index is -0.606. The fraction of sp³-hybridized carbons (Fsp3) is 0.471. The maximum atomic E-state index is 13.6. The Balaban J connectivity index is 2.01. The fourth-order valence-electron chi connectivity index (χ4n) is 2.83. The number of ketones is 1. The summed E-state index contributed by atoms with van der Waals surface area (Å²) in [5.74, 6) is -1.96. The maximum absolute atomic E-state index is 13.6. The normalized spacial score (nSPS) is 18.9. The lowest BCUT2D eigenvalue weighted by molar-refractivity contribution is -0.142. The second kappa shape index (κ2) is 6.89. The summed E-state index contributed by atoms with van der Waals surface area (Å²) in [6.07, 6.45) is 0.506. The Morgan fingerprint density at radius 3 is 2.61 bits per heavy atom. The van der Waals surface area contributed by atoms with E-state index in [4.69, 9.17) is 0 Å². The first-order chi connectivity index (χ1) is 10.8. The van der Waals surface area contributed by atoms with Crippen molar-refractivity contribution in [2.45, 2.75) is 25.8 Å². The van der Waals surface area contributed by atoms with Gasteiger partial charge in [-0.15, -0.1) is 0 Å². The molecule has 1 heterocycles. The van der Waals surface area contributed by atoms with Crippen LogP contribution in [-0.2, 0) is 9.59 Å². The smallest absolute Gasteiger partial charge is 0.245 e. The van der Waals surface area contributed by atoms with Crippen LogP contribution in [0.25, 0.3) is 0 Å². The second-order valence-electron chi connectivity index (χ2n) is 6.02. The van der Waals surface area contributed by atoms with Gasteiger partial charge < -0.3 is 9.80 Å². The van der Waals surface area contributed by atoms with E-state index in [0.29, 0.717) is 13.0 Å². The van der Waals surface area contributed by atoms with Crippen molar-refractivity contribution in [1.29, 1.82) is 0 Å². The Morgan fingerprint density at radius 2 is 2.04 bits per heavy atom. The fourth-order valence-corrected chi connectivity index (χ4v) is 2.83. The summed E-state index contributed by atoms with van der Waals surface area (Å²) in [6, 6.07) is 5.25. The van der Waals surface area contributed by atoms with Crippen molar-refractivity contribution >= 4 is 17.6 Å². The van der Waals surface area contributed by atoms with Gasteiger partial charge in [-0.25, -0.2) is 4.39 Å². The van der Waals surface area contributed by atoms with Crippen LogP contribution < -0.4 is 0 Å². The molecular weight excluding hydrogens is 299 g/mol. The Bertz CT molecular complexity index is 632. The molecule has 1 saturated heterocycles. The molecule has 1 aromatic carbocycles. The summed E-state index contributed by atoms with van der Waals surface area (Å²) in [6.45, 7) is 2.24. The van der Waals surface area contributed by atoms with E-state index in [1.165, 1.54) is 23.1 Å². The highest BCUT2D eigenvalue weighted by Gasteiger charge is 2.36. The molecule has 5 nitrogen and oxygen atoms in total. The largest absolute Gasteiger partial charge is 0.344 e. The quantitative estimate of drug-likeness (QED) is 0.776. The van der Waals surface area contributed by atoms with Gasteiger partial charge in [0.1, 0.15) is 11.9 Å². The lowest BCUT2D eigenvalue weighted by atomic mass is 9.97. The van der Waals surface area contributed by atoms with E-state index in [0.717, 1.165) is 0 Å². The van der Waals surface area contributed by atoms with Gasteiger partial charge in [0, 0.05) is 33.0 Å². The number of likely N-dealkylation sites (tertiary alicyclic amines) is 1. The molecule has 0 radical (unpaired) electrons. The third-order valence-electron chi connectivity index (χ3n) is 4.30. The van der Waals surface area contributed by atoms with Gasteiger partial charge in [0.15, 0.2) is 5.78 Å². The molecule has 1 aliphatic rings. The molecule has 6 heteroatoms. The number of rotatable bonds is 5. The van der Waals surface area contributed by atoms with E-state index in [1.54, 1.807) is 32.0 Å². The topological polar surface area (TPSA) is 57.7 Å². The molecule has 1 fully saturated rings. The number of carbonyl (C=O) groups excluding carboxylic acids is 3. The van der Waals surface area contributed by atoms with Gasteiger partial charge in [-0.1, -0.05) is 19.1 Å². The summed E-state index contributed by atoms with van der Waals surface area (Å²) in [5, 5.41) is 0. The molecular formula is C17H21FN2O3. The standard InChI is InChI=1S/C17H21FN2O3/c1-11(10-15(21)12-6-4-5-7-13(12)18)16(22)20(3)14-8-9-19(2)17(14)23/h4-7,11,14H,8-10H2,1-3H3/t11-,14-/m1/s1. The second-order valence-corrected chi connectivity index (χ2v) is 6.02. The van der Waals surface area contributed by atoms with Gasteiger partial charge in [-0.3, -0.25) is 14.4 Å². The summed E-state index contributed by atoms with van der Waals surface area (Å²) in [4.78, 5) is 39.6. The van der Waals surface area contributed by atoms with Crippen LogP contribution in [0.2, 0.25) is 0 Å². The SMILES string of the molecule is C[C@H](CC(=O)c1ccccc1F)C(=O)N(C)[C@@H]1CCN(C)C1=O. The molecule has 23 heavy (non-hydrogen) atoms. The van der Waals surface area contributed by atoms with Crippen molar-refractivity contribution in [3.8, 4) is 0 Å². The van der Waals surface area contributed by atoms with E-state index < -0.39 is 23.6 Å². The van der Waals surface area contributed by atoms with Crippen LogP contribution in [0, 0.1) is 11.7 Å². The molecule has 2 amide bonds. The number of amides is 2. The number of nitrogens with zero attached hydrogens (tertiary/aromatic N) is 2. The Morgan fingerprint density at radius 1 is 1.39 bits per heavy atom. The van der Waals surface area contributed by atoms with Gasteiger partial charge >= 0.3 is 0 Å². The number of halogens is 1. The van der Waals surface area contributed by atoms with Crippen molar-refractivity contribution < 1.29 is 18.8 Å². The van der Waals surface area contributed by atoms with Gasteiger partial charge in [0.05, 0.1) is 5.56 Å². The van der Waals surface area contributed by atoms with Gasteiger partial charge in [-0.05, 0) is 18.6 Å². The van der Waals surface area contributed by atoms with Crippen LogP contribution >= 0.6 is 0 Å². The minimum Gasteiger partial charge on any atom is -0.344 e. The van der Waals surface area contributed by atoms with Crippen molar-refractivity contribution in [2.75, 3.05) is 20.6 Å². The maximum Gasteiger partial charge on any atom is 0.245 e. The highest BCUT2D eigenvalue weighted by molar-refractivity contribution is 5.99. The molecule has 0 N–H and O–H groups in total. The zero-order valence-corrected chi connectivity index (χ0v) is 13.6. The number of hydrogen-bond acceptors (Lipinski definition) is 3. The number of carbonyl (C=O) groups is 3. The van der Waals surface area contributed by atoms with Crippen LogP contribution in [0.5, 0.6) is 0 Å². The van der Waals surface area contributed by atoms with Crippen molar-refractivity contribution in [2.24, 2.45) is 5.92 Å². The lowest BCUT2D eigenvalue weighted by Crippen LogP contribution is -2.44. The molecule has 1 aromatic rings. The highest BCUT2D eigenvalue weighted by Crippen LogP contribution is 2.19. The third kappa shape index (κ3) is 3.57. The number of benzene rings is 1. The van der Waals surface area contributed by atoms with E-state index in [-0.39, 0.29) is 23.8 Å². The predicted octanol–water partition coefficient (Wildman–Crippen LogP) is 1.72. The van der Waals surface area contributed by atoms with Crippen molar-refractivity contribution in [3.05, 3.63) is 35.6 Å². The molecule has 0 aromatic heterocycles. The van der Waals surface area contributed by atoms with Crippen LogP contribution in [-0.4, -0.2) is 54.1 Å². The van der Waals surface area contributed by atoms with E-state index in [1.807, 2.05) is 0 Å². The molecule has 0 saturated carbocycles. The van der Waals surface area contributed by atoms with Crippen LogP contribution in [0.15, 0.2) is 24.3 Å². The first kappa shape index (κ1) is 17.1. The predicted molar refractivity (Wildman–Crippen MR) is 83.3 cm³/mol.